The fourth-order valence-corrected chi connectivity index (χ4v) is 9.61. The summed E-state index contributed by atoms with van der Waals surface area (Å²) < 4.78 is 65.5. The molecule has 0 aromatic carbocycles. The lowest BCUT2D eigenvalue weighted by Crippen LogP contribution is -2.65. The van der Waals surface area contributed by atoms with Crippen LogP contribution in [-0.4, -0.2) is 108 Å². The molecule has 0 radical (unpaired) electrons. The zero-order valence-electron chi connectivity index (χ0n) is 40.0. The van der Waals surface area contributed by atoms with Crippen LogP contribution in [0.4, 0.5) is 0 Å². The monoisotopic (exact) mass is 1020 g/mol. The molecule has 1 rings (SSSR count). The van der Waals surface area contributed by atoms with Crippen LogP contribution in [0.2, 0.25) is 0 Å². The highest BCUT2D eigenvalue weighted by atomic mass is 31.2. The second kappa shape index (κ2) is 37.4. The van der Waals surface area contributed by atoms with Crippen LogP contribution in [0.15, 0.2) is 24.3 Å². The van der Waals surface area contributed by atoms with Crippen molar-refractivity contribution < 1.29 is 90.6 Å². The lowest BCUT2D eigenvalue weighted by Gasteiger charge is -2.44. The summed E-state index contributed by atoms with van der Waals surface area (Å²) in [5, 5.41) is 31.9. The molecule has 0 saturated heterocycles. The van der Waals surface area contributed by atoms with E-state index in [0.29, 0.717) is 12.8 Å². The average Bonchev–Trinajstić information content (AvgIpc) is 3.25. The molecule has 0 aromatic rings. The molecule has 22 heteroatoms. The number of phosphoric ester groups is 3. The molecular weight excluding hydrogens is 937 g/mol. The molecule has 8 atom stereocenters. The predicted octanol–water partition coefficient (Wildman–Crippen LogP) is 9.07. The van der Waals surface area contributed by atoms with Crippen LogP contribution in [0, 0.1) is 0 Å². The van der Waals surface area contributed by atoms with Crippen molar-refractivity contribution in [2.75, 3.05) is 13.2 Å². The van der Waals surface area contributed by atoms with Gasteiger partial charge in [-0.2, -0.15) is 0 Å². The largest absolute Gasteiger partial charge is 0.472 e. The SMILES string of the molecule is CCCCCCCC/C=C\CCCCCCCC(=O)OC[C@H](COP(=O)(O)O[C@@H]1[C@H](O)[C@H](O)[C@@H](OP(=O)(O)O)[C@H](OP(=O)(O)O)[C@H]1O)OC(=O)CCCCCCC/C=C\CCCCCCCC. The molecule has 1 saturated carbocycles. The fourth-order valence-electron chi connectivity index (χ4n) is 7.51. The van der Waals surface area contributed by atoms with E-state index >= 15 is 0 Å². The van der Waals surface area contributed by atoms with E-state index in [4.69, 9.17) is 18.5 Å². The molecule has 0 amide bonds. The maximum absolute atomic E-state index is 13.1. The first-order valence-electron chi connectivity index (χ1n) is 24.6. The van der Waals surface area contributed by atoms with Crippen molar-refractivity contribution in [1.82, 2.24) is 0 Å². The number of esters is 2. The molecule has 394 valence electrons. The summed E-state index contributed by atoms with van der Waals surface area (Å²) in [4.78, 5) is 73.2. The highest BCUT2D eigenvalue weighted by Gasteiger charge is 2.56. The molecule has 0 heterocycles. The van der Waals surface area contributed by atoms with Crippen LogP contribution in [0.1, 0.15) is 194 Å². The van der Waals surface area contributed by atoms with Gasteiger partial charge in [0.2, 0.25) is 0 Å². The molecule has 1 unspecified atom stereocenters. The Balaban J connectivity index is 2.73. The van der Waals surface area contributed by atoms with Crippen LogP contribution < -0.4 is 0 Å². The molecular formula is C45H85O19P3. The van der Waals surface area contributed by atoms with Gasteiger partial charge in [0.25, 0.3) is 0 Å². The number of aliphatic hydroxyl groups is 3. The summed E-state index contributed by atoms with van der Waals surface area (Å²) in [5.41, 5.74) is 0. The molecule has 0 aliphatic heterocycles. The first-order valence-corrected chi connectivity index (χ1v) is 29.2. The van der Waals surface area contributed by atoms with Gasteiger partial charge >= 0.3 is 35.4 Å². The van der Waals surface area contributed by atoms with Crippen LogP contribution in [0.3, 0.4) is 0 Å². The van der Waals surface area contributed by atoms with Gasteiger partial charge in [0.15, 0.2) is 6.10 Å². The number of phosphoric acid groups is 3. The standard InChI is InChI=1S/C45H85O19P3/c1-3-5-7-9-11-13-15-17-19-21-23-25-27-29-31-33-38(46)59-35-37(61-39(47)34-32-30-28-26-24-22-20-18-16-14-12-10-8-6-4-2)36-60-67(57,58)64-43-40(48)41(49)44(62-65(51,52)53)45(42(43)50)63-66(54,55)56/h17-20,37,40-45,48-50H,3-16,21-36H2,1-2H3,(H,57,58)(H2,51,52,53)(H2,54,55,56)/b19-17-,20-18-/t37-,40-,41+,42+,43-,44-,45-/m1/s1. The number of carbonyl (C=O) groups is 2. The van der Waals surface area contributed by atoms with Gasteiger partial charge in [-0.25, -0.2) is 13.7 Å². The highest BCUT2D eigenvalue weighted by molar-refractivity contribution is 7.47. The summed E-state index contributed by atoms with van der Waals surface area (Å²) in [6.45, 7) is 2.93. The van der Waals surface area contributed by atoms with Gasteiger partial charge < -0.3 is 49.3 Å². The summed E-state index contributed by atoms with van der Waals surface area (Å²) in [6.07, 6.45) is 20.5. The van der Waals surface area contributed by atoms with Gasteiger partial charge in [-0.3, -0.25) is 27.7 Å². The first-order chi connectivity index (χ1) is 31.8. The van der Waals surface area contributed by atoms with E-state index in [-0.39, 0.29) is 12.8 Å². The minimum absolute atomic E-state index is 0.0119. The molecule has 0 bridgehead atoms. The van der Waals surface area contributed by atoms with E-state index in [1.165, 1.54) is 77.0 Å². The third-order valence-electron chi connectivity index (χ3n) is 11.2. The van der Waals surface area contributed by atoms with E-state index in [1.807, 2.05) is 0 Å². The van der Waals surface area contributed by atoms with E-state index in [1.54, 1.807) is 0 Å². The van der Waals surface area contributed by atoms with E-state index in [0.717, 1.165) is 77.0 Å². The zero-order valence-corrected chi connectivity index (χ0v) is 42.7. The summed E-state index contributed by atoms with van der Waals surface area (Å²) in [5.74, 6) is -1.31. The van der Waals surface area contributed by atoms with Crippen molar-refractivity contribution in [2.45, 2.75) is 236 Å². The smallest absolute Gasteiger partial charge is 0.462 e. The van der Waals surface area contributed by atoms with Crippen LogP contribution >= 0.6 is 23.5 Å². The van der Waals surface area contributed by atoms with E-state index in [2.05, 4.69) is 47.2 Å². The van der Waals surface area contributed by atoms with Gasteiger partial charge in [-0.05, 0) is 64.2 Å². The summed E-state index contributed by atoms with van der Waals surface area (Å²) in [6, 6.07) is 0. The lowest BCUT2D eigenvalue weighted by atomic mass is 9.85. The Morgan fingerprint density at radius 3 is 1.24 bits per heavy atom. The topological polar surface area (TPSA) is 303 Å². The summed E-state index contributed by atoms with van der Waals surface area (Å²) >= 11 is 0. The Kier molecular flexibility index (Phi) is 35.5. The van der Waals surface area contributed by atoms with Crippen LogP contribution in [0.25, 0.3) is 0 Å². The fraction of sp³-hybridized carbons (Fsp3) is 0.867. The van der Waals surface area contributed by atoms with Crippen molar-refractivity contribution in [3.8, 4) is 0 Å². The number of carbonyl (C=O) groups excluding carboxylic acids is 2. The Bertz CT molecular complexity index is 1500. The quantitative estimate of drug-likeness (QED) is 0.0122. The minimum atomic E-state index is -5.60. The first kappa shape index (κ1) is 63.6. The normalized spacial score (nSPS) is 21.8. The van der Waals surface area contributed by atoms with Gasteiger partial charge in [0.1, 0.15) is 43.2 Å². The maximum Gasteiger partial charge on any atom is 0.472 e. The number of allylic oxidation sites excluding steroid dienone is 4. The van der Waals surface area contributed by atoms with Crippen molar-refractivity contribution in [2.24, 2.45) is 0 Å². The summed E-state index contributed by atoms with van der Waals surface area (Å²) in [7, 11) is -16.6. The predicted molar refractivity (Wildman–Crippen MR) is 252 cm³/mol. The Hall–Kier alpha value is -1.37. The molecule has 19 nitrogen and oxygen atoms in total. The molecule has 1 aliphatic carbocycles. The average molecular weight is 1020 g/mol. The van der Waals surface area contributed by atoms with Crippen LogP contribution in [0.5, 0.6) is 0 Å². The van der Waals surface area contributed by atoms with Gasteiger partial charge in [-0.1, -0.05) is 141 Å². The molecule has 67 heavy (non-hydrogen) atoms. The zero-order chi connectivity index (χ0) is 50.0. The highest BCUT2D eigenvalue weighted by Crippen LogP contribution is 2.51. The maximum atomic E-state index is 13.1. The van der Waals surface area contributed by atoms with E-state index < -0.39 is 91.3 Å². The number of hydrogen-bond donors (Lipinski definition) is 8. The van der Waals surface area contributed by atoms with Crippen molar-refractivity contribution in [3.63, 3.8) is 0 Å². The lowest BCUT2D eigenvalue weighted by molar-refractivity contribution is -0.213. The molecule has 1 aliphatic rings. The third kappa shape index (κ3) is 33.8. The van der Waals surface area contributed by atoms with Gasteiger partial charge in [0.05, 0.1) is 6.61 Å². The number of rotatable bonds is 42. The molecule has 1 fully saturated rings. The van der Waals surface area contributed by atoms with Crippen LogP contribution in [-0.2, 0) is 50.9 Å². The van der Waals surface area contributed by atoms with Gasteiger partial charge in [0, 0.05) is 12.8 Å². The van der Waals surface area contributed by atoms with Crippen molar-refractivity contribution >= 4 is 35.4 Å². The number of aliphatic hydroxyl groups excluding tert-OH is 3. The van der Waals surface area contributed by atoms with E-state index in [9.17, 15) is 63.1 Å². The Morgan fingerprint density at radius 1 is 0.463 bits per heavy atom. The number of hydrogen-bond acceptors (Lipinski definition) is 14. The Morgan fingerprint density at radius 2 is 0.821 bits per heavy atom. The minimum Gasteiger partial charge on any atom is -0.462 e. The Labute approximate surface area is 398 Å². The molecule has 0 aromatic heterocycles. The molecule has 8 N–H and O–H groups in total. The number of ether oxygens (including phenoxy) is 2. The molecule has 0 spiro atoms. The third-order valence-corrected chi connectivity index (χ3v) is 13.3. The van der Waals surface area contributed by atoms with Crippen molar-refractivity contribution in [1.29, 1.82) is 0 Å². The van der Waals surface area contributed by atoms with Crippen molar-refractivity contribution in [3.05, 3.63) is 24.3 Å². The second-order valence-electron chi connectivity index (χ2n) is 17.4. The number of unbranched alkanes of at least 4 members (excludes halogenated alkanes) is 22. The second-order valence-corrected chi connectivity index (χ2v) is 21.2. The van der Waals surface area contributed by atoms with Gasteiger partial charge in [-0.15, -0.1) is 0 Å².